The fourth-order valence-electron chi connectivity index (χ4n) is 15.1. The number of fused-ring (bicyclic) bond motifs is 11. The van der Waals surface area contributed by atoms with Crippen LogP contribution in [0, 0.1) is 34.9 Å². The lowest BCUT2D eigenvalue weighted by atomic mass is 9.81. The number of amides is 7. The summed E-state index contributed by atoms with van der Waals surface area (Å²) >= 11 is 0. The maximum atomic E-state index is 15.6. The van der Waals surface area contributed by atoms with Crippen molar-refractivity contribution < 1.29 is 57.3 Å². The Morgan fingerprint density at radius 3 is 2.35 bits per heavy atom. The first-order chi connectivity index (χ1) is 47.6. The van der Waals surface area contributed by atoms with Gasteiger partial charge in [0.2, 0.25) is 41.4 Å². The molecule has 26 heteroatoms. The molecule has 2 fully saturated rings. The van der Waals surface area contributed by atoms with Crippen LogP contribution >= 0.6 is 0 Å². The summed E-state index contributed by atoms with van der Waals surface area (Å²) in [6, 6.07) is 15.6. The number of carbonyl (C=O) groups is 8. The minimum atomic E-state index is -2.07. The zero-order valence-electron chi connectivity index (χ0n) is 58.3. The van der Waals surface area contributed by atoms with E-state index in [2.05, 4.69) is 42.2 Å². The third-order valence-corrected chi connectivity index (χ3v) is 21.6. The molecule has 3 aromatic heterocycles. The molecule has 6 heterocycles. The number of unbranched alkanes of at least 4 members (excludes halogenated alkanes) is 1. The molecule has 4 atom stereocenters. The van der Waals surface area contributed by atoms with Gasteiger partial charge in [0.05, 0.1) is 70.5 Å². The Bertz CT molecular complexity index is 4400. The molecular formula is C74H90FN13O12. The molecule has 25 nitrogen and oxygen atoms in total. The number of nitrogens with two attached hydrogens (primary N) is 1. The van der Waals surface area contributed by atoms with E-state index in [-0.39, 0.29) is 92.7 Å². The van der Waals surface area contributed by atoms with Gasteiger partial charge in [-0.2, -0.15) is 0 Å². The highest BCUT2D eigenvalue weighted by molar-refractivity contribution is 6.01. The number of hydrogen-bond acceptors (Lipinski definition) is 16. The summed E-state index contributed by atoms with van der Waals surface area (Å²) in [6.45, 7) is 14.8. The van der Waals surface area contributed by atoms with Gasteiger partial charge < -0.3 is 61.7 Å². The molecule has 0 bridgehead atoms. The highest BCUT2D eigenvalue weighted by Crippen LogP contribution is 2.85. The van der Waals surface area contributed by atoms with Gasteiger partial charge in [-0.1, -0.05) is 82.3 Å². The number of benzene rings is 3. The fraction of sp³-hybridized carbons (Fsp3) is 0.514. The van der Waals surface area contributed by atoms with Crippen molar-refractivity contribution in [1.29, 1.82) is 0 Å². The Balaban J connectivity index is 0.594. The molecule has 6 aromatic rings. The van der Waals surface area contributed by atoms with Crippen molar-refractivity contribution in [2.75, 3.05) is 37.7 Å². The first-order valence-electron chi connectivity index (χ1n) is 34.8. The number of nitrogens with one attached hydrogen (secondary N) is 6. The minimum Gasteiger partial charge on any atom is -0.458 e. The molecule has 3 aliphatic heterocycles. The summed E-state index contributed by atoms with van der Waals surface area (Å²) in [5.41, 5.74) is 9.35. The normalized spacial score (nSPS) is 20.3. The Morgan fingerprint density at radius 2 is 1.61 bits per heavy atom. The SMILES string of the molecule is CCC1(O)C(=O)OCc2c1cc1n(c2=O)Cc2c-1nc1cc(F)c(C)c3c1c2C(NC(=O)CNC(=O)C(CCCCN)NC(=O)C(NC(=O)CCC(C)(C)OCCC(C)(C)C(=O)NCC12CC1(C(=O)NCCC(=O)N1Cc4ccccc4-c4c(nnn4C)-c4ccccc41)C2)C(C)C)CC3. The molecule has 3 aromatic carbocycles. The van der Waals surface area contributed by atoms with Crippen LogP contribution in [0.5, 0.6) is 0 Å². The molecule has 4 unspecified atom stereocenters. The zero-order chi connectivity index (χ0) is 71.5. The number of cyclic esters (lactones) is 1. The number of nitrogens with zero attached hydrogens (tertiary/aromatic N) is 6. The van der Waals surface area contributed by atoms with Crippen molar-refractivity contribution in [3.63, 3.8) is 0 Å². The van der Waals surface area contributed by atoms with Gasteiger partial charge in [-0.15, -0.1) is 5.10 Å². The van der Waals surface area contributed by atoms with Crippen molar-refractivity contribution in [2.24, 2.45) is 34.9 Å². The predicted molar refractivity (Wildman–Crippen MR) is 369 cm³/mol. The number of carbonyl (C=O) groups excluding carboxylic acids is 8. The van der Waals surface area contributed by atoms with Gasteiger partial charge in [-0.25, -0.2) is 18.9 Å². The molecule has 2 saturated carbocycles. The van der Waals surface area contributed by atoms with Gasteiger partial charge in [-0.3, -0.25) is 38.4 Å². The van der Waals surface area contributed by atoms with E-state index in [0.717, 1.165) is 33.6 Å². The Morgan fingerprint density at radius 1 is 0.870 bits per heavy atom. The summed E-state index contributed by atoms with van der Waals surface area (Å²) in [6.07, 6.45) is 3.88. The number of esters is 1. The van der Waals surface area contributed by atoms with E-state index in [9.17, 15) is 48.3 Å². The third kappa shape index (κ3) is 13.2. The summed E-state index contributed by atoms with van der Waals surface area (Å²) in [5.74, 6) is -4.38. The summed E-state index contributed by atoms with van der Waals surface area (Å²) < 4.78 is 30.4. The highest BCUT2D eigenvalue weighted by atomic mass is 19.1. The number of anilines is 1. The van der Waals surface area contributed by atoms with Crippen molar-refractivity contribution in [3.8, 4) is 33.9 Å². The Hall–Kier alpha value is -9.27. The van der Waals surface area contributed by atoms with Crippen LogP contribution in [0.2, 0.25) is 0 Å². The van der Waals surface area contributed by atoms with E-state index in [1.54, 1.807) is 43.3 Å². The maximum Gasteiger partial charge on any atom is 0.343 e. The molecule has 7 amide bonds. The molecule has 9 N–H and O–H groups in total. The van der Waals surface area contributed by atoms with Crippen LogP contribution < -0.4 is 48.1 Å². The number of para-hydroxylation sites is 1. The molecule has 0 saturated heterocycles. The molecule has 530 valence electrons. The summed E-state index contributed by atoms with van der Waals surface area (Å²) in [5, 5.41) is 38.5. The lowest BCUT2D eigenvalue weighted by Gasteiger charge is -2.31. The quantitative estimate of drug-likeness (QED) is 0.0219. The number of aryl methyl sites for hydroxylation is 2. The Labute approximate surface area is 579 Å². The molecule has 12 rings (SSSR count). The van der Waals surface area contributed by atoms with Gasteiger partial charge in [0.25, 0.3) is 5.56 Å². The Kier molecular flexibility index (Phi) is 19.3. The average molecular weight is 1370 g/mol. The van der Waals surface area contributed by atoms with E-state index in [0.29, 0.717) is 109 Å². The van der Waals surface area contributed by atoms with Crippen molar-refractivity contribution in [3.05, 3.63) is 116 Å². The highest BCUT2D eigenvalue weighted by Gasteiger charge is 2.86. The second-order valence-electron chi connectivity index (χ2n) is 29.5. The lowest BCUT2D eigenvalue weighted by molar-refractivity contribution is -0.172. The molecule has 6 aliphatic rings. The molecule has 0 spiro atoms. The smallest absolute Gasteiger partial charge is 0.343 e. The zero-order valence-corrected chi connectivity index (χ0v) is 58.3. The average Bonchev–Trinajstić information content (AvgIpc) is 1.46. The number of aromatic nitrogens is 5. The molecule has 100 heavy (non-hydrogen) atoms. The van der Waals surface area contributed by atoms with Gasteiger partial charge in [0, 0.05) is 84.1 Å². The van der Waals surface area contributed by atoms with Crippen LogP contribution in [0.1, 0.15) is 164 Å². The van der Waals surface area contributed by atoms with Gasteiger partial charge in [0.15, 0.2) is 5.60 Å². The van der Waals surface area contributed by atoms with Crippen LogP contribution in [0.4, 0.5) is 10.1 Å². The maximum absolute atomic E-state index is 15.6. The topological polar surface area (TPSA) is 342 Å². The third-order valence-electron chi connectivity index (χ3n) is 21.6. The fourth-order valence-corrected chi connectivity index (χ4v) is 15.1. The summed E-state index contributed by atoms with van der Waals surface area (Å²) in [7, 11) is 1.86. The standard InChI is InChI=1S/C74H90FN13O12/c1-10-74(98)48-31-54-61-46(35-88(54)66(94)47(48)36-99-69(74)97)59-50(23-22-43-41(4)49(75)32-52(81-61)58(43)59)80-56(90)33-78-64(92)51(20-15-16-28-76)82-65(93)60(40(2)3)83-55(89)24-26-71(7,8)100-30-27-70(5,6)67(95)79-39-72-37-73(72,38-72)68(96)77-29-25-57(91)87-34-42-17-11-12-18-44(42)63-62(84-85-86(63)9)45-19-13-14-21-53(45)87/h11-14,17-19,21,31-32,40,50-51,60,98H,10,15-16,20,22-30,33-39,76H2,1-9H3,(H,77,96)(H,78,92)(H,79,95)(H,80,90)(H,82,93)(H,83,89). The van der Waals surface area contributed by atoms with E-state index in [1.165, 1.54) is 10.6 Å². The number of hydrogen-bond donors (Lipinski definition) is 8. The first-order valence-corrected chi connectivity index (χ1v) is 34.8. The predicted octanol–water partition coefficient (Wildman–Crippen LogP) is 5.91. The van der Waals surface area contributed by atoms with E-state index >= 15 is 4.39 Å². The largest absolute Gasteiger partial charge is 0.458 e. The monoisotopic (exact) mass is 1370 g/mol. The summed E-state index contributed by atoms with van der Waals surface area (Å²) in [4.78, 5) is 131. The van der Waals surface area contributed by atoms with Crippen molar-refractivity contribution >= 4 is 63.9 Å². The van der Waals surface area contributed by atoms with E-state index in [1.807, 2.05) is 83.3 Å². The number of aliphatic hydroxyl groups is 1. The lowest BCUT2D eigenvalue weighted by Crippen LogP contribution is -2.56. The van der Waals surface area contributed by atoms with Crippen LogP contribution in [-0.2, 0) is 86.6 Å². The molecule has 3 aliphatic carbocycles. The molecular weight excluding hydrogens is 1280 g/mol. The van der Waals surface area contributed by atoms with Gasteiger partial charge in [-0.05, 0) is 132 Å². The van der Waals surface area contributed by atoms with Crippen molar-refractivity contribution in [1.82, 2.24) is 56.4 Å². The number of halogens is 1. The number of ether oxygens (including phenoxy) is 2. The van der Waals surface area contributed by atoms with Crippen LogP contribution in [0.3, 0.4) is 0 Å². The second kappa shape index (κ2) is 27.3. The van der Waals surface area contributed by atoms with Crippen LogP contribution in [0.15, 0.2) is 65.5 Å². The second-order valence-corrected chi connectivity index (χ2v) is 29.5. The van der Waals surface area contributed by atoms with Crippen LogP contribution in [-0.4, -0.2) is 127 Å². The van der Waals surface area contributed by atoms with E-state index in [4.69, 9.17) is 20.2 Å². The van der Waals surface area contributed by atoms with Gasteiger partial charge >= 0.3 is 5.97 Å². The van der Waals surface area contributed by atoms with Crippen molar-refractivity contribution in [2.45, 2.75) is 181 Å². The first kappa shape index (κ1) is 70.6. The minimum absolute atomic E-state index is 0.00478. The number of pyridine rings is 2. The van der Waals surface area contributed by atoms with Crippen LogP contribution in [0.25, 0.3) is 44.8 Å². The number of rotatable bonds is 27. The molecule has 0 radical (unpaired) electrons. The van der Waals surface area contributed by atoms with E-state index < -0.39 is 93.6 Å². The van der Waals surface area contributed by atoms with Gasteiger partial charge in [0.1, 0.15) is 30.2 Å².